The largest absolute Gasteiger partial charge is 0.479 e. The molecule has 5 atom stereocenters. The van der Waals surface area contributed by atoms with E-state index in [9.17, 15) is 20.1 Å². The van der Waals surface area contributed by atoms with Crippen molar-refractivity contribution in [3.8, 4) is 0 Å². The molecule has 1 aliphatic heterocycles. The fourth-order valence-electron chi connectivity index (χ4n) is 2.09. The van der Waals surface area contributed by atoms with Gasteiger partial charge in [-0.3, -0.25) is 4.90 Å². The van der Waals surface area contributed by atoms with Crippen molar-refractivity contribution in [3.05, 3.63) is 0 Å². The average molecular weight is 305 g/mol. The highest BCUT2D eigenvalue weighted by Crippen LogP contribution is 2.31. The van der Waals surface area contributed by atoms with Gasteiger partial charge >= 0.3 is 5.97 Å². The summed E-state index contributed by atoms with van der Waals surface area (Å²) in [5.74, 6) is -1.12. The highest BCUT2D eigenvalue weighted by molar-refractivity contribution is 5.73. The van der Waals surface area contributed by atoms with Gasteiger partial charge in [0.2, 0.25) is 0 Å². The molecule has 0 bridgehead atoms. The number of ether oxygens (including phenoxy) is 2. The maximum Gasteiger partial charge on any atom is 0.335 e. The van der Waals surface area contributed by atoms with Gasteiger partial charge in [0.25, 0.3) is 0 Å². The van der Waals surface area contributed by atoms with Crippen molar-refractivity contribution in [2.45, 2.75) is 63.9 Å². The van der Waals surface area contributed by atoms with Crippen molar-refractivity contribution in [3.63, 3.8) is 0 Å². The molecule has 7 nitrogen and oxygen atoms in total. The van der Waals surface area contributed by atoms with Crippen LogP contribution in [-0.2, 0) is 14.3 Å². The molecule has 7 heteroatoms. The van der Waals surface area contributed by atoms with Crippen LogP contribution in [0.4, 0.5) is 0 Å². The molecule has 0 amide bonds. The number of nitrogens with zero attached hydrogens (tertiary/aromatic N) is 1. The van der Waals surface area contributed by atoms with Crippen LogP contribution in [0.2, 0.25) is 0 Å². The van der Waals surface area contributed by atoms with Crippen LogP contribution in [0, 0.1) is 5.92 Å². The predicted molar refractivity (Wildman–Crippen MR) is 75.8 cm³/mol. The van der Waals surface area contributed by atoms with Crippen LogP contribution in [0.15, 0.2) is 0 Å². The molecule has 0 saturated carbocycles. The van der Waals surface area contributed by atoms with Gasteiger partial charge in [-0.25, -0.2) is 4.79 Å². The predicted octanol–water partition coefficient (Wildman–Crippen LogP) is -0.101. The topological polar surface area (TPSA) is 99.5 Å². The highest BCUT2D eigenvalue weighted by Gasteiger charge is 2.50. The number of aliphatic hydroxyl groups excluding tert-OH is 2. The van der Waals surface area contributed by atoms with E-state index < -0.39 is 42.2 Å². The summed E-state index contributed by atoms with van der Waals surface area (Å²) in [6, 6.07) is 0. The Balaban J connectivity index is 3.02. The molecule has 1 saturated heterocycles. The number of carboxylic acid groups (broad SMARTS) is 1. The van der Waals surface area contributed by atoms with E-state index in [1.807, 2.05) is 27.7 Å². The van der Waals surface area contributed by atoms with Crippen LogP contribution in [0.1, 0.15) is 27.7 Å². The monoisotopic (exact) mass is 305 g/mol. The Hall–Kier alpha value is -0.730. The van der Waals surface area contributed by atoms with Gasteiger partial charge in [-0.1, -0.05) is 13.8 Å². The van der Waals surface area contributed by atoms with Crippen molar-refractivity contribution >= 4 is 5.97 Å². The molecule has 0 spiro atoms. The van der Waals surface area contributed by atoms with Gasteiger partial charge in [0.15, 0.2) is 6.10 Å². The first-order chi connectivity index (χ1) is 9.49. The van der Waals surface area contributed by atoms with E-state index in [0.29, 0.717) is 0 Å². The van der Waals surface area contributed by atoms with Crippen LogP contribution in [0.5, 0.6) is 0 Å². The molecule has 124 valence electrons. The van der Waals surface area contributed by atoms with Gasteiger partial charge in [0.05, 0.1) is 5.60 Å². The third-order valence-corrected chi connectivity index (χ3v) is 4.15. The van der Waals surface area contributed by atoms with Crippen LogP contribution in [-0.4, -0.2) is 76.5 Å². The molecule has 1 heterocycles. The Morgan fingerprint density at radius 1 is 1.24 bits per heavy atom. The minimum atomic E-state index is -1.34. The van der Waals surface area contributed by atoms with Crippen molar-refractivity contribution in [2.24, 2.45) is 5.92 Å². The maximum atomic E-state index is 11.4. The molecule has 3 N–H and O–H groups in total. The number of hydrogen-bond donors (Lipinski definition) is 3. The van der Waals surface area contributed by atoms with Crippen LogP contribution in [0.25, 0.3) is 0 Å². The van der Waals surface area contributed by atoms with Crippen molar-refractivity contribution in [1.82, 2.24) is 4.90 Å². The van der Waals surface area contributed by atoms with Crippen molar-refractivity contribution in [1.29, 1.82) is 0 Å². The summed E-state index contributed by atoms with van der Waals surface area (Å²) in [4.78, 5) is 12.9. The molecule has 1 rings (SSSR count). The smallest absolute Gasteiger partial charge is 0.335 e. The summed E-state index contributed by atoms with van der Waals surface area (Å²) < 4.78 is 11.2. The molecule has 0 aromatic carbocycles. The van der Waals surface area contributed by atoms with Crippen molar-refractivity contribution < 1.29 is 29.6 Å². The zero-order valence-corrected chi connectivity index (χ0v) is 13.5. The summed E-state index contributed by atoms with van der Waals surface area (Å²) in [5.41, 5.74) is -0.659. The van der Waals surface area contributed by atoms with Gasteiger partial charge in [-0.15, -0.1) is 0 Å². The van der Waals surface area contributed by atoms with E-state index in [-0.39, 0.29) is 5.92 Å². The Labute approximate surface area is 125 Å². The van der Waals surface area contributed by atoms with Gasteiger partial charge in [0.1, 0.15) is 24.5 Å². The second kappa shape index (κ2) is 6.58. The Bertz CT molecular complexity index is 370. The number of carbonyl (C=O) groups is 1. The maximum absolute atomic E-state index is 11.4. The third-order valence-electron chi connectivity index (χ3n) is 4.15. The van der Waals surface area contributed by atoms with Gasteiger partial charge < -0.3 is 24.8 Å². The molecule has 0 radical (unpaired) electrons. The second-order valence-corrected chi connectivity index (χ2v) is 6.57. The van der Waals surface area contributed by atoms with E-state index in [4.69, 9.17) is 9.47 Å². The first-order valence-corrected chi connectivity index (χ1v) is 7.07. The lowest BCUT2D eigenvalue weighted by Crippen LogP contribution is -2.65. The number of carboxylic acids is 1. The lowest BCUT2D eigenvalue weighted by atomic mass is 9.91. The van der Waals surface area contributed by atoms with Crippen molar-refractivity contribution in [2.75, 3.05) is 14.1 Å². The van der Waals surface area contributed by atoms with Crippen LogP contribution in [0.3, 0.4) is 0 Å². The number of aliphatic carboxylic acids is 1. The third kappa shape index (κ3) is 3.92. The molecule has 0 aliphatic carbocycles. The fourth-order valence-corrected chi connectivity index (χ4v) is 2.09. The van der Waals surface area contributed by atoms with Gasteiger partial charge in [0, 0.05) is 0 Å². The highest BCUT2D eigenvalue weighted by atomic mass is 16.6. The number of likely N-dealkylation sites (N-methyl/N-ethyl adjacent to an activating group) is 1. The average Bonchev–Trinajstić information content (AvgIpc) is 2.33. The second-order valence-electron chi connectivity index (χ2n) is 6.57. The molecular formula is C14H27NO6. The van der Waals surface area contributed by atoms with E-state index in [2.05, 4.69) is 0 Å². The molecule has 0 aromatic heterocycles. The molecule has 1 aliphatic rings. The number of aliphatic hydroxyl groups is 2. The molecule has 1 fully saturated rings. The first-order valence-electron chi connectivity index (χ1n) is 7.07. The quantitative estimate of drug-likeness (QED) is 0.652. The molecular weight excluding hydrogens is 278 g/mol. The van der Waals surface area contributed by atoms with Gasteiger partial charge in [-0.2, -0.15) is 0 Å². The van der Waals surface area contributed by atoms with E-state index >= 15 is 0 Å². The summed E-state index contributed by atoms with van der Waals surface area (Å²) in [6.45, 7) is 7.50. The van der Waals surface area contributed by atoms with E-state index in [0.717, 1.165) is 0 Å². The van der Waals surface area contributed by atoms with Crippen LogP contribution < -0.4 is 0 Å². The fraction of sp³-hybridized carbons (Fsp3) is 0.929. The normalized spacial score (nSPS) is 34.5. The summed E-state index contributed by atoms with van der Waals surface area (Å²) in [6.07, 6.45) is -5.96. The van der Waals surface area contributed by atoms with Gasteiger partial charge in [-0.05, 0) is 33.9 Å². The Morgan fingerprint density at radius 3 is 2.14 bits per heavy atom. The summed E-state index contributed by atoms with van der Waals surface area (Å²) in [7, 11) is 3.28. The summed E-state index contributed by atoms with van der Waals surface area (Å²) in [5, 5.41) is 29.7. The minimum absolute atomic E-state index is 0.0999. The molecule has 21 heavy (non-hydrogen) atoms. The van der Waals surface area contributed by atoms with E-state index in [1.165, 1.54) is 4.90 Å². The lowest BCUT2D eigenvalue weighted by Gasteiger charge is -2.46. The zero-order valence-electron chi connectivity index (χ0n) is 13.5. The Morgan fingerprint density at radius 2 is 1.76 bits per heavy atom. The number of hydrogen-bond acceptors (Lipinski definition) is 6. The molecule has 1 unspecified atom stereocenters. The zero-order chi connectivity index (χ0) is 16.5. The number of rotatable bonds is 5. The van der Waals surface area contributed by atoms with Crippen LogP contribution >= 0.6 is 0 Å². The minimum Gasteiger partial charge on any atom is -0.479 e. The molecule has 0 aromatic rings. The summed E-state index contributed by atoms with van der Waals surface area (Å²) >= 11 is 0. The lowest BCUT2D eigenvalue weighted by molar-refractivity contribution is -0.282. The standard InChI is InChI=1S/C14H27NO6/c1-7(2)14(3,4)21-10-8(16)9(17)12(15(5)6)20-11(10)13(18)19/h7-12,16-17H,1-6H3,(H,18,19)/t8-,9+,10+,11+,12?/m1/s1. The van der Waals surface area contributed by atoms with E-state index in [1.54, 1.807) is 14.1 Å². The SMILES string of the molecule is CC(C)C(C)(C)O[C@H]1[C@H](O)[C@H](O)C(N(C)C)O[C@@H]1C(=O)O. The first kappa shape index (κ1) is 18.3. The Kier molecular flexibility index (Phi) is 5.74.